The van der Waals surface area contributed by atoms with Crippen molar-refractivity contribution in [3.05, 3.63) is 58.1 Å². The fourth-order valence-corrected chi connectivity index (χ4v) is 2.59. The molecule has 25 heavy (non-hydrogen) atoms. The number of benzene rings is 2. The van der Waals surface area contributed by atoms with Crippen LogP contribution in [0.1, 0.15) is 24.5 Å². The lowest BCUT2D eigenvalue weighted by molar-refractivity contribution is -0.120. The van der Waals surface area contributed by atoms with E-state index in [1.807, 2.05) is 43.3 Å². The van der Waals surface area contributed by atoms with E-state index in [0.717, 1.165) is 21.3 Å². The van der Waals surface area contributed by atoms with E-state index < -0.39 is 0 Å². The van der Waals surface area contributed by atoms with Crippen LogP contribution in [-0.2, 0) is 11.2 Å². The fourth-order valence-electron chi connectivity index (χ4n) is 2.32. The van der Waals surface area contributed by atoms with Gasteiger partial charge in [0, 0.05) is 16.1 Å². The number of ether oxygens (including phenoxy) is 2. The van der Waals surface area contributed by atoms with Crippen molar-refractivity contribution < 1.29 is 14.3 Å². The molecule has 0 heterocycles. The van der Waals surface area contributed by atoms with Crippen LogP contribution in [0.25, 0.3) is 0 Å². The molecule has 0 aliphatic heterocycles. The van der Waals surface area contributed by atoms with Crippen LogP contribution in [0, 0.1) is 0 Å². The van der Waals surface area contributed by atoms with Gasteiger partial charge < -0.3 is 9.47 Å². The lowest BCUT2D eigenvalue weighted by Gasteiger charge is -2.12. The summed E-state index contributed by atoms with van der Waals surface area (Å²) in [4.78, 5) is 12.1. The van der Waals surface area contributed by atoms with E-state index in [1.54, 1.807) is 20.3 Å². The van der Waals surface area contributed by atoms with Crippen molar-refractivity contribution in [3.8, 4) is 11.5 Å². The van der Waals surface area contributed by atoms with Crippen molar-refractivity contribution in [2.45, 2.75) is 19.8 Å². The summed E-state index contributed by atoms with van der Waals surface area (Å²) in [5, 5.41) is 4.28. The van der Waals surface area contributed by atoms with Gasteiger partial charge >= 0.3 is 0 Å². The average molecular weight is 405 g/mol. The zero-order valence-electron chi connectivity index (χ0n) is 14.5. The molecule has 5 nitrogen and oxygen atoms in total. The second-order valence-electron chi connectivity index (χ2n) is 5.32. The van der Waals surface area contributed by atoms with E-state index in [1.165, 1.54) is 0 Å². The fraction of sp³-hybridized carbons (Fsp3) is 0.263. The smallest absolute Gasteiger partial charge is 0.244 e. The van der Waals surface area contributed by atoms with Gasteiger partial charge in [-0.15, -0.1) is 0 Å². The number of carbonyl (C=O) groups excluding carboxylic acids is 1. The Morgan fingerprint density at radius 3 is 2.44 bits per heavy atom. The predicted molar refractivity (Wildman–Crippen MR) is 102 cm³/mol. The van der Waals surface area contributed by atoms with Gasteiger partial charge in [-0.25, -0.2) is 5.43 Å². The summed E-state index contributed by atoms with van der Waals surface area (Å²) >= 11 is 3.38. The maximum Gasteiger partial charge on any atom is 0.244 e. The van der Waals surface area contributed by atoms with E-state index in [0.29, 0.717) is 17.9 Å². The van der Waals surface area contributed by atoms with Gasteiger partial charge in [0.25, 0.3) is 0 Å². The minimum atomic E-state index is -0.166. The Balaban J connectivity index is 2.11. The molecular formula is C19H21BrN2O3. The summed E-state index contributed by atoms with van der Waals surface area (Å²) < 4.78 is 11.6. The molecule has 2 rings (SSSR count). The van der Waals surface area contributed by atoms with Gasteiger partial charge in [0.05, 0.1) is 26.4 Å². The van der Waals surface area contributed by atoms with Crippen LogP contribution in [0.3, 0.4) is 0 Å². The van der Waals surface area contributed by atoms with Crippen LogP contribution in [0.15, 0.2) is 52.0 Å². The molecule has 0 aliphatic rings. The minimum absolute atomic E-state index is 0.166. The van der Waals surface area contributed by atoms with Crippen LogP contribution in [0.5, 0.6) is 11.5 Å². The molecule has 0 atom stereocenters. The Morgan fingerprint density at radius 2 is 1.84 bits per heavy atom. The third kappa shape index (κ3) is 5.32. The molecule has 0 unspecified atom stereocenters. The van der Waals surface area contributed by atoms with Crippen molar-refractivity contribution in [2.24, 2.45) is 5.10 Å². The number of rotatable bonds is 7. The molecule has 0 saturated carbocycles. The van der Waals surface area contributed by atoms with Gasteiger partial charge in [-0.05, 0) is 36.2 Å². The molecule has 2 aromatic carbocycles. The average Bonchev–Trinajstić information content (AvgIpc) is 2.64. The zero-order valence-corrected chi connectivity index (χ0v) is 16.1. The minimum Gasteiger partial charge on any atom is -0.497 e. The lowest BCUT2D eigenvalue weighted by atomic mass is 10.1. The monoisotopic (exact) mass is 404 g/mol. The molecule has 0 saturated heterocycles. The Hall–Kier alpha value is -2.34. The first-order chi connectivity index (χ1) is 12.1. The lowest BCUT2D eigenvalue weighted by Crippen LogP contribution is -2.22. The van der Waals surface area contributed by atoms with Crippen molar-refractivity contribution in [3.63, 3.8) is 0 Å². The van der Waals surface area contributed by atoms with Crippen LogP contribution >= 0.6 is 15.9 Å². The van der Waals surface area contributed by atoms with E-state index in [4.69, 9.17) is 9.47 Å². The van der Waals surface area contributed by atoms with Crippen LogP contribution in [0.4, 0.5) is 0 Å². The molecule has 2 aromatic rings. The first-order valence-corrected chi connectivity index (χ1v) is 8.69. The number of carbonyl (C=O) groups is 1. The van der Waals surface area contributed by atoms with Gasteiger partial charge in [-0.3, -0.25) is 4.79 Å². The molecule has 0 fully saturated rings. The molecule has 0 aromatic heterocycles. The number of amides is 1. The maximum absolute atomic E-state index is 12.1. The number of nitrogens with one attached hydrogen (secondary N) is 1. The first kappa shape index (κ1) is 19.0. The maximum atomic E-state index is 12.1. The summed E-state index contributed by atoms with van der Waals surface area (Å²) in [6.45, 7) is 1.98. The highest BCUT2D eigenvalue weighted by Crippen LogP contribution is 2.25. The third-order valence-electron chi connectivity index (χ3n) is 3.65. The van der Waals surface area contributed by atoms with Crippen LogP contribution in [0.2, 0.25) is 0 Å². The Kier molecular flexibility index (Phi) is 7.01. The quantitative estimate of drug-likeness (QED) is 0.561. The van der Waals surface area contributed by atoms with Gasteiger partial charge in [0.2, 0.25) is 5.91 Å². The molecular weight excluding hydrogens is 384 g/mol. The summed E-state index contributed by atoms with van der Waals surface area (Å²) in [6.07, 6.45) is 0.925. The summed E-state index contributed by atoms with van der Waals surface area (Å²) in [6, 6.07) is 13.1. The summed E-state index contributed by atoms with van der Waals surface area (Å²) in [5.74, 6) is 1.19. The van der Waals surface area contributed by atoms with Crippen molar-refractivity contribution in [1.29, 1.82) is 0 Å². The highest BCUT2D eigenvalue weighted by molar-refractivity contribution is 9.10. The molecule has 6 heteroatoms. The van der Waals surface area contributed by atoms with E-state index in [2.05, 4.69) is 26.5 Å². The topological polar surface area (TPSA) is 59.9 Å². The molecule has 1 amide bonds. The number of hydrogen-bond acceptors (Lipinski definition) is 4. The number of halogens is 1. The molecule has 0 bridgehead atoms. The SMILES string of the molecule is CC/C(=N/NC(=O)Cc1ccc(Br)cc1)c1ccc(OC)cc1OC. The highest BCUT2D eigenvalue weighted by atomic mass is 79.9. The number of hydrazone groups is 1. The van der Waals surface area contributed by atoms with E-state index in [9.17, 15) is 4.79 Å². The summed E-state index contributed by atoms with van der Waals surface area (Å²) in [5.41, 5.74) is 5.12. The second-order valence-corrected chi connectivity index (χ2v) is 6.23. The van der Waals surface area contributed by atoms with Crippen molar-refractivity contribution in [1.82, 2.24) is 5.43 Å². The predicted octanol–water partition coefficient (Wildman–Crippen LogP) is 3.94. The number of hydrogen-bond donors (Lipinski definition) is 1. The first-order valence-electron chi connectivity index (χ1n) is 7.89. The Bertz CT molecular complexity index is 758. The highest BCUT2D eigenvalue weighted by Gasteiger charge is 2.11. The molecule has 0 spiro atoms. The molecule has 0 aliphatic carbocycles. The van der Waals surface area contributed by atoms with E-state index in [-0.39, 0.29) is 12.3 Å². The van der Waals surface area contributed by atoms with Crippen molar-refractivity contribution >= 4 is 27.5 Å². The number of methoxy groups -OCH3 is 2. The molecule has 1 N–H and O–H groups in total. The van der Waals surface area contributed by atoms with Gasteiger partial charge in [0.1, 0.15) is 11.5 Å². The standard InChI is InChI=1S/C19H21BrN2O3/c1-4-17(16-10-9-15(24-2)12-18(16)25-3)21-22-19(23)11-13-5-7-14(20)8-6-13/h5-10,12H,4,11H2,1-3H3,(H,22,23)/b21-17-. The Labute approximate surface area is 156 Å². The number of nitrogens with zero attached hydrogens (tertiary/aromatic N) is 1. The zero-order chi connectivity index (χ0) is 18.2. The molecule has 132 valence electrons. The summed E-state index contributed by atoms with van der Waals surface area (Å²) in [7, 11) is 3.20. The van der Waals surface area contributed by atoms with Gasteiger partial charge in [0.15, 0.2) is 0 Å². The van der Waals surface area contributed by atoms with Gasteiger partial charge in [-0.2, -0.15) is 5.10 Å². The van der Waals surface area contributed by atoms with Crippen LogP contribution in [-0.4, -0.2) is 25.8 Å². The second kappa shape index (κ2) is 9.22. The van der Waals surface area contributed by atoms with Crippen molar-refractivity contribution in [2.75, 3.05) is 14.2 Å². The normalized spacial score (nSPS) is 11.1. The molecule has 0 radical (unpaired) electrons. The third-order valence-corrected chi connectivity index (χ3v) is 4.18. The van der Waals surface area contributed by atoms with Gasteiger partial charge in [-0.1, -0.05) is 35.0 Å². The van der Waals surface area contributed by atoms with E-state index >= 15 is 0 Å². The van der Waals surface area contributed by atoms with Crippen LogP contribution < -0.4 is 14.9 Å². The Morgan fingerprint density at radius 1 is 1.12 bits per heavy atom. The largest absolute Gasteiger partial charge is 0.497 e.